The lowest BCUT2D eigenvalue weighted by Crippen LogP contribution is -2.33. The van der Waals surface area contributed by atoms with Crippen molar-refractivity contribution < 1.29 is 14.3 Å². The summed E-state index contributed by atoms with van der Waals surface area (Å²) in [5, 5.41) is 1.22. The maximum absolute atomic E-state index is 13.3. The number of rotatable bonds is 5. The fourth-order valence-corrected chi connectivity index (χ4v) is 3.96. The lowest BCUT2D eigenvalue weighted by molar-refractivity contribution is -0.0118. The molecular formula is C24H20Cl3NO3. The Labute approximate surface area is 196 Å². The monoisotopic (exact) mass is 475 g/mol. The van der Waals surface area contributed by atoms with Gasteiger partial charge in [0.05, 0.1) is 27.2 Å². The minimum atomic E-state index is -0.634. The summed E-state index contributed by atoms with van der Waals surface area (Å²) in [6.07, 6.45) is -0.961. The average molecular weight is 477 g/mol. The van der Waals surface area contributed by atoms with E-state index in [-0.39, 0.29) is 12.0 Å². The van der Waals surface area contributed by atoms with Crippen LogP contribution in [0.3, 0.4) is 0 Å². The van der Waals surface area contributed by atoms with Gasteiger partial charge >= 0.3 is 0 Å². The van der Waals surface area contributed by atoms with Gasteiger partial charge < -0.3 is 14.4 Å². The van der Waals surface area contributed by atoms with Gasteiger partial charge in [-0.1, -0.05) is 70.7 Å². The van der Waals surface area contributed by atoms with Crippen molar-refractivity contribution in [3.05, 3.63) is 98.5 Å². The highest BCUT2D eigenvalue weighted by atomic mass is 35.5. The number of hydrogen-bond acceptors (Lipinski definition) is 3. The smallest absolute Gasteiger partial charge is 0.257 e. The molecule has 1 aliphatic heterocycles. The summed E-state index contributed by atoms with van der Waals surface area (Å²) in [7, 11) is 0. The Morgan fingerprint density at radius 1 is 1.00 bits per heavy atom. The van der Waals surface area contributed by atoms with E-state index in [9.17, 15) is 4.79 Å². The molecular weight excluding hydrogens is 457 g/mol. The van der Waals surface area contributed by atoms with Crippen LogP contribution in [0, 0.1) is 6.92 Å². The second-order valence-corrected chi connectivity index (χ2v) is 8.57. The van der Waals surface area contributed by atoms with Crippen molar-refractivity contribution in [1.82, 2.24) is 4.90 Å². The minimum absolute atomic E-state index is 0.223. The van der Waals surface area contributed by atoms with Gasteiger partial charge in [0.25, 0.3) is 5.91 Å². The Morgan fingerprint density at radius 3 is 2.45 bits per heavy atom. The molecule has 0 N–H and O–H groups in total. The van der Waals surface area contributed by atoms with Crippen molar-refractivity contribution in [2.45, 2.75) is 19.3 Å². The normalized spacial score (nSPS) is 18.3. The molecule has 0 bridgehead atoms. The predicted molar refractivity (Wildman–Crippen MR) is 123 cm³/mol. The minimum Gasteiger partial charge on any atom is -0.491 e. The van der Waals surface area contributed by atoms with Crippen molar-refractivity contribution in [3.8, 4) is 5.75 Å². The molecule has 0 aromatic heterocycles. The van der Waals surface area contributed by atoms with Crippen LogP contribution in [-0.4, -0.2) is 30.1 Å². The Bertz CT molecular complexity index is 1090. The number of benzene rings is 3. The number of aryl methyl sites for hydroxylation is 1. The summed E-state index contributed by atoms with van der Waals surface area (Å²) < 4.78 is 12.1. The first-order valence-corrected chi connectivity index (χ1v) is 10.9. The van der Waals surface area contributed by atoms with Crippen molar-refractivity contribution in [2.75, 3.05) is 13.2 Å². The van der Waals surface area contributed by atoms with Gasteiger partial charge in [-0.2, -0.15) is 0 Å². The summed E-state index contributed by atoms with van der Waals surface area (Å²) in [6, 6.07) is 19.9. The number of amides is 1. The van der Waals surface area contributed by atoms with E-state index in [1.165, 1.54) is 0 Å². The summed E-state index contributed by atoms with van der Waals surface area (Å²) in [5.41, 5.74) is 2.30. The number of carbonyl (C=O) groups is 1. The lowest BCUT2D eigenvalue weighted by Gasteiger charge is -2.24. The first-order valence-electron chi connectivity index (χ1n) is 9.78. The second kappa shape index (κ2) is 9.49. The van der Waals surface area contributed by atoms with E-state index in [0.29, 0.717) is 33.8 Å². The largest absolute Gasteiger partial charge is 0.491 e. The number of ether oxygens (including phenoxy) is 2. The lowest BCUT2D eigenvalue weighted by atomic mass is 10.1. The van der Waals surface area contributed by atoms with Gasteiger partial charge in [0.15, 0.2) is 6.23 Å². The Kier molecular flexibility index (Phi) is 6.73. The molecule has 1 aliphatic rings. The fraction of sp³-hybridized carbons (Fsp3) is 0.208. The second-order valence-electron chi connectivity index (χ2n) is 7.35. The highest BCUT2D eigenvalue weighted by Gasteiger charge is 2.38. The predicted octanol–water partition coefficient (Wildman–Crippen LogP) is 6.57. The first-order chi connectivity index (χ1) is 14.9. The summed E-state index contributed by atoms with van der Waals surface area (Å²) >= 11 is 18.6. The van der Waals surface area contributed by atoms with Gasteiger partial charge in [0.1, 0.15) is 18.5 Å². The van der Waals surface area contributed by atoms with E-state index in [1.807, 2.05) is 31.2 Å². The fourth-order valence-electron chi connectivity index (χ4n) is 3.43. The first kappa shape index (κ1) is 22.0. The highest BCUT2D eigenvalue weighted by Crippen LogP contribution is 2.35. The topological polar surface area (TPSA) is 38.8 Å². The highest BCUT2D eigenvalue weighted by molar-refractivity contribution is 6.42. The molecule has 4 rings (SSSR count). The van der Waals surface area contributed by atoms with Gasteiger partial charge in [-0.05, 0) is 43.3 Å². The maximum atomic E-state index is 13.3. The van der Waals surface area contributed by atoms with Crippen molar-refractivity contribution in [3.63, 3.8) is 0 Å². The van der Waals surface area contributed by atoms with Crippen LogP contribution in [0.25, 0.3) is 0 Å². The molecule has 2 atom stereocenters. The Balaban J connectivity index is 1.58. The van der Waals surface area contributed by atoms with E-state index in [4.69, 9.17) is 44.3 Å². The third kappa shape index (κ3) is 4.99. The SMILES string of the molecule is Cc1ccc(OCC2CN(C(=O)c3ccccc3Cl)C(c3ccc(Cl)c(Cl)c3)O2)cc1. The molecule has 2 unspecified atom stereocenters. The molecule has 3 aromatic carbocycles. The zero-order valence-corrected chi connectivity index (χ0v) is 19.0. The molecule has 3 aromatic rings. The molecule has 1 saturated heterocycles. The molecule has 1 fully saturated rings. The number of carbonyl (C=O) groups excluding carboxylic acids is 1. The number of halogens is 3. The van der Waals surface area contributed by atoms with Gasteiger partial charge in [0.2, 0.25) is 0 Å². The average Bonchev–Trinajstić information content (AvgIpc) is 3.19. The van der Waals surface area contributed by atoms with Crippen LogP contribution in [-0.2, 0) is 4.74 Å². The van der Waals surface area contributed by atoms with Gasteiger partial charge in [-0.15, -0.1) is 0 Å². The third-order valence-electron chi connectivity index (χ3n) is 5.06. The summed E-state index contributed by atoms with van der Waals surface area (Å²) in [6.45, 7) is 2.66. The van der Waals surface area contributed by atoms with E-state index in [1.54, 1.807) is 47.4 Å². The number of nitrogens with zero attached hydrogens (tertiary/aromatic N) is 1. The molecule has 0 saturated carbocycles. The quantitative estimate of drug-likeness (QED) is 0.418. The zero-order chi connectivity index (χ0) is 22.0. The van der Waals surface area contributed by atoms with Crippen molar-refractivity contribution in [1.29, 1.82) is 0 Å². The molecule has 0 radical (unpaired) electrons. The van der Waals surface area contributed by atoms with Crippen LogP contribution in [0.5, 0.6) is 5.75 Å². The molecule has 0 aliphatic carbocycles. The Hall–Kier alpha value is -2.24. The van der Waals surface area contributed by atoms with Gasteiger partial charge in [-0.25, -0.2) is 0 Å². The van der Waals surface area contributed by atoms with Gasteiger partial charge in [-0.3, -0.25) is 4.79 Å². The van der Waals surface area contributed by atoms with Crippen molar-refractivity contribution in [2.24, 2.45) is 0 Å². The molecule has 1 amide bonds. The maximum Gasteiger partial charge on any atom is 0.257 e. The van der Waals surface area contributed by atoms with Crippen molar-refractivity contribution >= 4 is 40.7 Å². The van der Waals surface area contributed by atoms with Crippen LogP contribution < -0.4 is 4.74 Å². The van der Waals surface area contributed by atoms with Gasteiger partial charge in [0, 0.05) is 5.56 Å². The zero-order valence-electron chi connectivity index (χ0n) is 16.7. The summed E-state index contributed by atoms with van der Waals surface area (Å²) in [4.78, 5) is 15.0. The van der Waals surface area contributed by atoms with Crippen LogP contribution in [0.15, 0.2) is 66.7 Å². The summed E-state index contributed by atoms with van der Waals surface area (Å²) in [5.74, 6) is 0.524. The van der Waals surface area contributed by atoms with Crippen LogP contribution in [0.1, 0.15) is 27.7 Å². The molecule has 7 heteroatoms. The molecule has 0 spiro atoms. The van der Waals surface area contributed by atoms with Crippen LogP contribution >= 0.6 is 34.8 Å². The molecule has 31 heavy (non-hydrogen) atoms. The molecule has 1 heterocycles. The molecule has 160 valence electrons. The van der Waals surface area contributed by atoms with Crippen LogP contribution in [0.4, 0.5) is 0 Å². The van der Waals surface area contributed by atoms with E-state index >= 15 is 0 Å². The van der Waals surface area contributed by atoms with Crippen LogP contribution in [0.2, 0.25) is 15.1 Å². The van der Waals surface area contributed by atoms with E-state index < -0.39 is 6.23 Å². The number of hydrogen-bond donors (Lipinski definition) is 0. The third-order valence-corrected chi connectivity index (χ3v) is 6.12. The Morgan fingerprint density at radius 2 is 1.74 bits per heavy atom. The standard InChI is InChI=1S/C24H20Cl3NO3/c1-15-6-9-17(10-7-15)30-14-18-13-28(23(29)19-4-2-3-5-20(19)25)24(31-18)16-8-11-21(26)22(27)12-16/h2-12,18,24H,13-14H2,1H3. The van der Waals surface area contributed by atoms with E-state index in [0.717, 1.165) is 16.9 Å². The van der Waals surface area contributed by atoms with E-state index in [2.05, 4.69) is 0 Å². The molecule has 4 nitrogen and oxygen atoms in total.